The van der Waals surface area contributed by atoms with Crippen LogP contribution in [0.25, 0.3) is 11.4 Å². The Morgan fingerprint density at radius 1 is 1.18 bits per heavy atom. The molecule has 0 bridgehead atoms. The second-order valence-electron chi connectivity index (χ2n) is 8.08. The first kappa shape index (κ1) is 18.4. The largest absolute Gasteiger partial charge is 0.494 e. The van der Waals surface area contributed by atoms with E-state index in [0.29, 0.717) is 28.9 Å². The molecular weight excluding hydrogens is 440 g/mol. The van der Waals surface area contributed by atoms with Crippen molar-refractivity contribution in [3.63, 3.8) is 0 Å². The molecule has 2 amide bonds. The number of aromatic nitrogens is 5. The van der Waals surface area contributed by atoms with Gasteiger partial charge in [0.1, 0.15) is 6.33 Å². The molecule has 2 aromatic heterocycles. The molecule has 2 heterocycles. The van der Waals surface area contributed by atoms with Crippen LogP contribution in [0.2, 0.25) is 0 Å². The van der Waals surface area contributed by atoms with Crippen molar-refractivity contribution in [2.24, 2.45) is 5.92 Å². The molecule has 0 atom stereocenters. The Balaban J connectivity index is 1.47. The molecule has 2 saturated carbocycles. The lowest BCUT2D eigenvalue weighted by atomic mass is 10.1. The second-order valence-corrected chi connectivity index (χ2v) is 8.08. The molecule has 0 radical (unpaired) electrons. The first-order valence-corrected chi connectivity index (χ1v) is 10.7. The minimum atomic E-state index is -2.86. The summed E-state index contributed by atoms with van der Waals surface area (Å²) in [5.74, 6) is -0.226. The molecule has 1 aromatic carbocycles. The number of ether oxygens (including phenoxy) is 1. The molecule has 12 heteroatoms. The third-order valence-electron chi connectivity index (χ3n) is 5.51. The van der Waals surface area contributed by atoms with Gasteiger partial charge in [-0.25, -0.2) is 15.1 Å². The molecule has 3 aromatic rings. The van der Waals surface area contributed by atoms with Gasteiger partial charge in [0.2, 0.25) is 5.91 Å². The standard InChI is InChI=1S/C22H24N8O4/c1-33-19-14(20-23-11-30(28-20)13-8-9-13)4-3-5-15(19)24-16-10-17(25-21(31)12-6-7-12)26-27-18(16)22(32)29-34-2/h3-5,10-13H,6-9H2,1-2H3,(H,29,32)(H2,24,25,26,31)/i2D3. The van der Waals surface area contributed by atoms with E-state index in [9.17, 15) is 9.59 Å². The van der Waals surface area contributed by atoms with Gasteiger partial charge in [-0.2, -0.15) is 5.10 Å². The number of methoxy groups -OCH3 is 1. The molecule has 5 rings (SSSR count). The number of nitrogens with one attached hydrogen (secondary N) is 3. The van der Waals surface area contributed by atoms with Crippen molar-refractivity contribution < 1.29 is 23.3 Å². The molecule has 0 saturated heterocycles. The van der Waals surface area contributed by atoms with Gasteiger partial charge in [-0.1, -0.05) is 6.07 Å². The van der Waals surface area contributed by atoms with Crippen molar-refractivity contribution in [2.45, 2.75) is 31.7 Å². The number of rotatable bonds is 9. The number of hydrogen-bond acceptors (Lipinski definition) is 9. The predicted molar refractivity (Wildman–Crippen MR) is 121 cm³/mol. The van der Waals surface area contributed by atoms with Gasteiger partial charge in [-0.15, -0.1) is 10.2 Å². The van der Waals surface area contributed by atoms with Crippen LogP contribution in [0.3, 0.4) is 0 Å². The van der Waals surface area contributed by atoms with E-state index in [4.69, 9.17) is 8.85 Å². The van der Waals surface area contributed by atoms with Gasteiger partial charge >= 0.3 is 0 Å². The van der Waals surface area contributed by atoms with Crippen molar-refractivity contribution in [1.29, 1.82) is 0 Å². The number of anilines is 3. The normalized spacial score (nSPS) is 16.7. The number of benzene rings is 1. The van der Waals surface area contributed by atoms with Gasteiger partial charge in [0.05, 0.1) is 41.2 Å². The summed E-state index contributed by atoms with van der Waals surface area (Å²) in [7, 11) is -1.37. The van der Waals surface area contributed by atoms with Gasteiger partial charge in [0.25, 0.3) is 5.91 Å². The number of carbonyl (C=O) groups is 2. The van der Waals surface area contributed by atoms with E-state index in [-0.39, 0.29) is 29.0 Å². The van der Waals surface area contributed by atoms with Crippen LogP contribution < -0.4 is 20.9 Å². The lowest BCUT2D eigenvalue weighted by Crippen LogP contribution is -2.25. The first-order valence-electron chi connectivity index (χ1n) is 12.2. The Morgan fingerprint density at radius 3 is 2.76 bits per heavy atom. The molecular formula is C22H24N8O4. The fraction of sp³-hybridized carbons (Fsp3) is 0.364. The van der Waals surface area contributed by atoms with Crippen molar-refractivity contribution >= 4 is 29.0 Å². The van der Waals surface area contributed by atoms with Crippen LogP contribution in [0, 0.1) is 5.92 Å². The molecule has 0 aliphatic heterocycles. The highest BCUT2D eigenvalue weighted by Crippen LogP contribution is 2.39. The minimum absolute atomic E-state index is 0.0754. The van der Waals surface area contributed by atoms with E-state index in [1.165, 1.54) is 13.2 Å². The maximum absolute atomic E-state index is 12.7. The fourth-order valence-electron chi connectivity index (χ4n) is 3.47. The van der Waals surface area contributed by atoms with Gasteiger partial charge < -0.3 is 15.4 Å². The van der Waals surface area contributed by atoms with Crippen LogP contribution in [0.5, 0.6) is 5.75 Å². The summed E-state index contributed by atoms with van der Waals surface area (Å²) in [6.45, 7) is 0. The van der Waals surface area contributed by atoms with Crippen LogP contribution in [0.15, 0.2) is 30.6 Å². The number of hydrogen-bond donors (Lipinski definition) is 3. The zero-order chi connectivity index (χ0) is 26.2. The first-order chi connectivity index (χ1) is 17.7. The smallest absolute Gasteiger partial charge is 0.297 e. The third-order valence-corrected chi connectivity index (χ3v) is 5.51. The molecule has 2 aliphatic carbocycles. The number of nitrogens with zero attached hydrogens (tertiary/aromatic N) is 5. The average molecular weight is 468 g/mol. The van der Waals surface area contributed by atoms with Crippen LogP contribution >= 0.6 is 0 Å². The van der Waals surface area contributed by atoms with E-state index in [2.05, 4.69) is 35.8 Å². The Hall–Kier alpha value is -4.06. The summed E-state index contributed by atoms with van der Waals surface area (Å²) in [6, 6.07) is 7.06. The van der Waals surface area contributed by atoms with Gasteiger partial charge in [-0.05, 0) is 37.8 Å². The Labute approximate surface area is 199 Å². The number of hydroxylamine groups is 1. The molecule has 0 unspecified atom stereocenters. The van der Waals surface area contributed by atoms with Gasteiger partial charge in [0.15, 0.2) is 23.1 Å². The SMILES string of the molecule is [2H]C([2H])([2H])ONC(=O)c1nnc(NC(=O)C2CC2)cc1Nc1cccc(-c2ncn(C3CC3)n2)c1OC. The van der Waals surface area contributed by atoms with Crippen molar-refractivity contribution in [2.75, 3.05) is 24.8 Å². The minimum Gasteiger partial charge on any atom is -0.494 e. The van der Waals surface area contributed by atoms with Crippen molar-refractivity contribution in [3.05, 3.63) is 36.3 Å². The van der Waals surface area contributed by atoms with Crippen LogP contribution in [0.1, 0.15) is 46.3 Å². The average Bonchev–Trinajstić information content (AvgIpc) is 3.80. The monoisotopic (exact) mass is 467 g/mol. The Kier molecular flexibility index (Phi) is 4.90. The molecule has 12 nitrogen and oxygen atoms in total. The van der Waals surface area contributed by atoms with Gasteiger partial charge in [-0.3, -0.25) is 14.4 Å². The maximum Gasteiger partial charge on any atom is 0.297 e. The molecule has 34 heavy (non-hydrogen) atoms. The highest BCUT2D eigenvalue weighted by atomic mass is 16.6. The summed E-state index contributed by atoms with van der Waals surface area (Å²) in [4.78, 5) is 33.8. The number of carbonyl (C=O) groups excluding carboxylic acids is 2. The predicted octanol–water partition coefficient (Wildman–Crippen LogP) is 2.46. The molecule has 2 aliphatic rings. The van der Waals surface area contributed by atoms with Crippen molar-refractivity contribution in [1.82, 2.24) is 30.4 Å². The second kappa shape index (κ2) is 9.06. The van der Waals surface area contributed by atoms with Crippen LogP contribution in [0.4, 0.5) is 17.2 Å². The highest BCUT2D eigenvalue weighted by molar-refractivity contribution is 5.99. The Morgan fingerprint density at radius 2 is 2.03 bits per heavy atom. The summed E-state index contributed by atoms with van der Waals surface area (Å²) < 4.78 is 28.9. The summed E-state index contributed by atoms with van der Waals surface area (Å²) >= 11 is 0. The maximum atomic E-state index is 12.7. The number of para-hydroxylation sites is 1. The highest BCUT2D eigenvalue weighted by Gasteiger charge is 2.30. The summed E-state index contributed by atoms with van der Waals surface area (Å²) in [5.41, 5.74) is 2.78. The van der Waals surface area contributed by atoms with E-state index in [1.807, 2.05) is 10.2 Å². The molecule has 176 valence electrons. The van der Waals surface area contributed by atoms with Crippen molar-refractivity contribution in [3.8, 4) is 17.1 Å². The van der Waals surface area contributed by atoms with Crippen LogP contribution in [-0.2, 0) is 9.63 Å². The summed E-state index contributed by atoms with van der Waals surface area (Å²) in [6.07, 6.45) is 5.40. The lowest BCUT2D eigenvalue weighted by molar-refractivity contribution is -0.117. The molecule has 0 spiro atoms. The van der Waals surface area contributed by atoms with E-state index in [1.54, 1.807) is 24.5 Å². The number of amides is 2. The fourth-order valence-corrected chi connectivity index (χ4v) is 3.47. The van der Waals surface area contributed by atoms with E-state index < -0.39 is 12.9 Å². The molecule has 3 N–H and O–H groups in total. The Bertz CT molecular complexity index is 1340. The topological polar surface area (TPSA) is 145 Å². The summed E-state index contributed by atoms with van der Waals surface area (Å²) in [5, 5.41) is 18.1. The van der Waals surface area contributed by atoms with E-state index >= 15 is 0 Å². The lowest BCUT2D eigenvalue weighted by Gasteiger charge is -2.16. The van der Waals surface area contributed by atoms with E-state index in [0.717, 1.165) is 25.7 Å². The quantitative estimate of drug-likeness (QED) is 0.404. The zero-order valence-electron chi connectivity index (χ0n) is 21.2. The molecule has 2 fully saturated rings. The van der Waals surface area contributed by atoms with Crippen LogP contribution in [-0.4, -0.2) is 50.9 Å². The van der Waals surface area contributed by atoms with Gasteiger partial charge in [0, 0.05) is 12.0 Å². The third kappa shape index (κ3) is 4.53. The zero-order valence-corrected chi connectivity index (χ0v) is 18.2.